The molecule has 0 saturated carbocycles. The SMILES string of the molecule is CC(OC(=O)C1=NN(c2ccccc2)C(=O)CC1)C(=O)Nc1cccc(S(=O)(=O)N(C)C)c1. The minimum Gasteiger partial charge on any atom is -0.448 e. The normalized spacial score (nSPS) is 15.1. The number of amides is 2. The molecular formula is C22H24N4O6S. The molecule has 0 fully saturated rings. The van der Waals surface area contributed by atoms with Crippen molar-refractivity contribution >= 4 is 44.9 Å². The van der Waals surface area contributed by atoms with Crippen molar-refractivity contribution in [3.05, 3.63) is 54.6 Å². The lowest BCUT2D eigenvalue weighted by molar-refractivity contribution is -0.146. The second-order valence-corrected chi connectivity index (χ2v) is 9.59. The number of benzene rings is 2. The number of hydrazone groups is 1. The highest BCUT2D eigenvalue weighted by atomic mass is 32.2. The second-order valence-electron chi connectivity index (χ2n) is 7.44. The molecule has 0 bridgehead atoms. The number of ether oxygens (including phenoxy) is 1. The molecule has 2 aromatic rings. The van der Waals surface area contributed by atoms with Crippen molar-refractivity contribution in [1.29, 1.82) is 0 Å². The summed E-state index contributed by atoms with van der Waals surface area (Å²) in [4.78, 5) is 37.3. The van der Waals surface area contributed by atoms with E-state index >= 15 is 0 Å². The van der Waals surface area contributed by atoms with Gasteiger partial charge in [-0.3, -0.25) is 9.59 Å². The molecule has 0 saturated heterocycles. The summed E-state index contributed by atoms with van der Waals surface area (Å²) in [7, 11) is -0.862. The molecule has 0 aromatic heterocycles. The lowest BCUT2D eigenvalue weighted by Crippen LogP contribution is -2.37. The van der Waals surface area contributed by atoms with Gasteiger partial charge in [0.2, 0.25) is 15.9 Å². The van der Waals surface area contributed by atoms with Crippen LogP contribution in [0.4, 0.5) is 11.4 Å². The molecule has 0 spiro atoms. The maximum atomic E-state index is 12.6. The maximum Gasteiger partial charge on any atom is 0.355 e. The van der Waals surface area contributed by atoms with Crippen LogP contribution >= 0.6 is 0 Å². The van der Waals surface area contributed by atoms with Crippen LogP contribution in [0.15, 0.2) is 64.6 Å². The highest BCUT2D eigenvalue weighted by Crippen LogP contribution is 2.21. The van der Waals surface area contributed by atoms with E-state index in [0.717, 1.165) is 9.31 Å². The van der Waals surface area contributed by atoms with E-state index in [9.17, 15) is 22.8 Å². The number of nitrogens with one attached hydrogen (secondary N) is 1. The molecule has 174 valence electrons. The maximum absolute atomic E-state index is 12.6. The van der Waals surface area contributed by atoms with Gasteiger partial charge in [-0.1, -0.05) is 24.3 Å². The molecule has 11 heteroatoms. The Labute approximate surface area is 191 Å². The Morgan fingerprint density at radius 2 is 1.79 bits per heavy atom. The number of nitrogens with zero attached hydrogens (tertiary/aromatic N) is 3. The number of anilines is 2. The average molecular weight is 473 g/mol. The van der Waals surface area contributed by atoms with Crippen LogP contribution in [0.1, 0.15) is 19.8 Å². The Morgan fingerprint density at radius 1 is 1.09 bits per heavy atom. The van der Waals surface area contributed by atoms with Crippen LogP contribution in [-0.4, -0.2) is 56.4 Å². The summed E-state index contributed by atoms with van der Waals surface area (Å²) in [5.41, 5.74) is 0.782. The molecule has 1 aliphatic rings. The molecule has 1 atom stereocenters. The van der Waals surface area contributed by atoms with Gasteiger partial charge in [-0.25, -0.2) is 22.5 Å². The fourth-order valence-corrected chi connectivity index (χ4v) is 3.89. The molecule has 2 aromatic carbocycles. The predicted molar refractivity (Wildman–Crippen MR) is 122 cm³/mol. The first-order valence-corrected chi connectivity index (χ1v) is 11.5. The third-order valence-corrected chi connectivity index (χ3v) is 6.61. The predicted octanol–water partition coefficient (Wildman–Crippen LogP) is 1.99. The largest absolute Gasteiger partial charge is 0.448 e. The van der Waals surface area contributed by atoms with Crippen molar-refractivity contribution in [2.45, 2.75) is 30.8 Å². The van der Waals surface area contributed by atoms with Gasteiger partial charge >= 0.3 is 5.97 Å². The Hall–Kier alpha value is -3.57. The highest BCUT2D eigenvalue weighted by Gasteiger charge is 2.29. The molecule has 10 nitrogen and oxygen atoms in total. The van der Waals surface area contributed by atoms with Crippen molar-refractivity contribution in [3.63, 3.8) is 0 Å². The van der Waals surface area contributed by atoms with E-state index in [1.165, 1.54) is 45.3 Å². The monoisotopic (exact) mass is 472 g/mol. The number of rotatable bonds is 7. The lowest BCUT2D eigenvalue weighted by Gasteiger charge is -2.23. The molecule has 1 heterocycles. The molecule has 0 aliphatic carbocycles. The van der Waals surface area contributed by atoms with Gasteiger partial charge in [0.05, 0.1) is 10.6 Å². The summed E-state index contributed by atoms with van der Waals surface area (Å²) in [6.07, 6.45) is -1.01. The lowest BCUT2D eigenvalue weighted by atomic mass is 10.1. The third-order valence-electron chi connectivity index (χ3n) is 4.80. The number of carbonyl (C=O) groups is 3. The van der Waals surface area contributed by atoms with Gasteiger partial charge in [0.25, 0.3) is 5.91 Å². The van der Waals surface area contributed by atoms with E-state index < -0.39 is 28.0 Å². The van der Waals surface area contributed by atoms with Gasteiger partial charge in [-0.2, -0.15) is 5.10 Å². The van der Waals surface area contributed by atoms with Gasteiger partial charge in [-0.05, 0) is 37.3 Å². The molecule has 0 radical (unpaired) electrons. The number of para-hydroxylation sites is 1. The summed E-state index contributed by atoms with van der Waals surface area (Å²) in [6, 6.07) is 14.4. The molecule has 3 rings (SSSR count). The number of hydrogen-bond donors (Lipinski definition) is 1. The minimum atomic E-state index is -3.67. The number of esters is 1. The first kappa shape index (κ1) is 24.1. The number of sulfonamides is 1. The van der Waals surface area contributed by atoms with E-state index in [1.807, 2.05) is 0 Å². The summed E-state index contributed by atoms with van der Waals surface area (Å²) < 4.78 is 30.9. The highest BCUT2D eigenvalue weighted by molar-refractivity contribution is 7.89. The summed E-state index contributed by atoms with van der Waals surface area (Å²) in [6.45, 7) is 1.39. The second kappa shape index (κ2) is 9.92. The minimum absolute atomic E-state index is 0.0113. The quantitative estimate of drug-likeness (QED) is 0.615. The standard InChI is InChI=1S/C22H24N4O6S/c1-15(21(28)23-16-8-7-11-18(14-16)33(30,31)25(2)3)32-22(29)19-12-13-20(27)26(24-19)17-9-5-4-6-10-17/h4-11,14-15H,12-13H2,1-3H3,(H,23,28). The fraction of sp³-hybridized carbons (Fsp3) is 0.273. The van der Waals surface area contributed by atoms with Gasteiger partial charge in [0.1, 0.15) is 5.71 Å². The zero-order valence-corrected chi connectivity index (χ0v) is 19.2. The fourth-order valence-electron chi connectivity index (χ4n) is 2.94. The Kier molecular flexibility index (Phi) is 7.24. The van der Waals surface area contributed by atoms with Crippen molar-refractivity contribution in [1.82, 2.24) is 4.31 Å². The van der Waals surface area contributed by atoms with Crippen LogP contribution in [0.3, 0.4) is 0 Å². The molecule has 33 heavy (non-hydrogen) atoms. The Bertz CT molecular complexity index is 1190. The summed E-state index contributed by atoms with van der Waals surface area (Å²) in [5, 5.41) is 7.79. The summed E-state index contributed by atoms with van der Waals surface area (Å²) >= 11 is 0. The van der Waals surface area contributed by atoms with Crippen LogP contribution in [0, 0.1) is 0 Å². The van der Waals surface area contributed by atoms with Gasteiger partial charge < -0.3 is 10.1 Å². The topological polar surface area (TPSA) is 125 Å². The number of hydrogen-bond acceptors (Lipinski definition) is 7. The first-order valence-electron chi connectivity index (χ1n) is 10.1. The van der Waals surface area contributed by atoms with Crippen molar-refractivity contribution in [2.24, 2.45) is 5.10 Å². The Morgan fingerprint density at radius 3 is 2.45 bits per heavy atom. The summed E-state index contributed by atoms with van der Waals surface area (Å²) in [5.74, 6) is -1.71. The number of carbonyl (C=O) groups excluding carboxylic acids is 3. The van der Waals surface area contributed by atoms with Crippen molar-refractivity contribution in [2.75, 3.05) is 24.4 Å². The van der Waals surface area contributed by atoms with Crippen LogP contribution < -0.4 is 10.3 Å². The molecule has 1 N–H and O–H groups in total. The van der Waals surface area contributed by atoms with E-state index in [-0.39, 0.29) is 35.0 Å². The Balaban J connectivity index is 1.68. The third kappa shape index (κ3) is 5.62. The smallest absolute Gasteiger partial charge is 0.355 e. The average Bonchev–Trinajstić information content (AvgIpc) is 2.79. The zero-order valence-electron chi connectivity index (χ0n) is 18.4. The van der Waals surface area contributed by atoms with Gasteiger partial charge in [0, 0.05) is 32.6 Å². The van der Waals surface area contributed by atoms with Gasteiger partial charge in [-0.15, -0.1) is 0 Å². The van der Waals surface area contributed by atoms with Crippen LogP contribution in [0.5, 0.6) is 0 Å². The zero-order chi connectivity index (χ0) is 24.2. The van der Waals surface area contributed by atoms with Crippen LogP contribution in [0.2, 0.25) is 0 Å². The van der Waals surface area contributed by atoms with Crippen molar-refractivity contribution in [3.8, 4) is 0 Å². The first-order chi connectivity index (χ1) is 15.6. The van der Waals surface area contributed by atoms with Crippen LogP contribution in [-0.2, 0) is 29.1 Å². The van der Waals surface area contributed by atoms with E-state index in [0.29, 0.717) is 5.69 Å². The van der Waals surface area contributed by atoms with E-state index in [4.69, 9.17) is 4.74 Å². The molecule has 1 aliphatic heterocycles. The van der Waals surface area contributed by atoms with Crippen LogP contribution in [0.25, 0.3) is 0 Å². The van der Waals surface area contributed by atoms with E-state index in [2.05, 4.69) is 10.4 Å². The van der Waals surface area contributed by atoms with E-state index in [1.54, 1.807) is 30.3 Å². The van der Waals surface area contributed by atoms with Gasteiger partial charge in [0.15, 0.2) is 6.10 Å². The van der Waals surface area contributed by atoms with Crippen molar-refractivity contribution < 1.29 is 27.5 Å². The molecule has 2 amide bonds. The molecular weight excluding hydrogens is 448 g/mol. The molecule has 1 unspecified atom stereocenters.